The number of carbonyl (C=O) groups is 2. The minimum atomic E-state index is -0.544. The lowest BCUT2D eigenvalue weighted by atomic mass is 10.0. The van der Waals surface area contributed by atoms with Crippen molar-refractivity contribution in [2.24, 2.45) is 0 Å². The molecule has 156 valence electrons. The Hall–Kier alpha value is -2.33. The van der Waals surface area contributed by atoms with Crippen molar-refractivity contribution in [2.45, 2.75) is 65.6 Å². The topological polar surface area (TPSA) is 49.4 Å². The predicted molar refractivity (Wildman–Crippen MR) is 119 cm³/mol. The molecule has 0 aromatic heterocycles. The number of nitrogens with one attached hydrogen (secondary N) is 1. The van der Waals surface area contributed by atoms with E-state index < -0.39 is 6.04 Å². The highest BCUT2D eigenvalue weighted by atomic mass is 35.5. The number of hydrogen-bond acceptors (Lipinski definition) is 2. The van der Waals surface area contributed by atoms with Crippen LogP contribution in [0.3, 0.4) is 0 Å². The van der Waals surface area contributed by atoms with Crippen LogP contribution in [-0.2, 0) is 22.6 Å². The fraction of sp³-hybridized carbons (Fsp3) is 0.417. The number of hydrogen-bond donors (Lipinski definition) is 1. The van der Waals surface area contributed by atoms with Gasteiger partial charge in [-0.1, -0.05) is 73.5 Å². The summed E-state index contributed by atoms with van der Waals surface area (Å²) in [5.41, 5.74) is 2.88. The summed E-state index contributed by atoms with van der Waals surface area (Å²) in [5, 5.41) is 3.62. The molecule has 0 saturated heterocycles. The molecular formula is C24H31ClN2O2. The molecule has 5 heteroatoms. The van der Waals surface area contributed by atoms with Crippen LogP contribution in [0, 0.1) is 6.92 Å². The maximum absolute atomic E-state index is 13.3. The molecule has 2 rings (SSSR count). The van der Waals surface area contributed by atoms with Crippen molar-refractivity contribution in [1.82, 2.24) is 10.2 Å². The highest BCUT2D eigenvalue weighted by molar-refractivity contribution is 6.31. The molecular weight excluding hydrogens is 384 g/mol. The van der Waals surface area contributed by atoms with Crippen molar-refractivity contribution in [3.05, 3.63) is 70.2 Å². The van der Waals surface area contributed by atoms with Gasteiger partial charge in [0.05, 0.1) is 6.42 Å². The Morgan fingerprint density at radius 1 is 1.07 bits per heavy atom. The van der Waals surface area contributed by atoms with Gasteiger partial charge >= 0.3 is 0 Å². The molecule has 0 unspecified atom stereocenters. The average Bonchev–Trinajstić information content (AvgIpc) is 2.69. The van der Waals surface area contributed by atoms with Crippen LogP contribution in [0.15, 0.2) is 48.5 Å². The molecule has 0 aliphatic heterocycles. The number of amides is 2. The number of halogens is 1. The molecule has 1 N–H and O–H groups in total. The van der Waals surface area contributed by atoms with Gasteiger partial charge in [0.2, 0.25) is 11.8 Å². The Labute approximate surface area is 179 Å². The third-order valence-corrected chi connectivity index (χ3v) is 5.49. The quantitative estimate of drug-likeness (QED) is 0.633. The number of nitrogens with zero attached hydrogens (tertiary/aromatic N) is 1. The molecule has 2 atom stereocenters. The maximum Gasteiger partial charge on any atom is 0.243 e. The zero-order valence-electron chi connectivity index (χ0n) is 17.7. The molecule has 0 spiro atoms. The monoisotopic (exact) mass is 414 g/mol. The minimum absolute atomic E-state index is 0.0607. The van der Waals surface area contributed by atoms with Crippen LogP contribution in [0.4, 0.5) is 0 Å². The van der Waals surface area contributed by atoms with Gasteiger partial charge in [-0.2, -0.15) is 0 Å². The van der Waals surface area contributed by atoms with Crippen molar-refractivity contribution >= 4 is 23.4 Å². The van der Waals surface area contributed by atoms with Gasteiger partial charge in [0.25, 0.3) is 0 Å². The third-order valence-electron chi connectivity index (χ3n) is 5.12. The van der Waals surface area contributed by atoms with Crippen LogP contribution < -0.4 is 5.32 Å². The summed E-state index contributed by atoms with van der Waals surface area (Å²) in [7, 11) is 0. The van der Waals surface area contributed by atoms with Crippen molar-refractivity contribution in [1.29, 1.82) is 0 Å². The lowest BCUT2D eigenvalue weighted by molar-refractivity contribution is -0.141. The van der Waals surface area contributed by atoms with Crippen molar-refractivity contribution in [3.63, 3.8) is 0 Å². The van der Waals surface area contributed by atoms with Crippen LogP contribution >= 0.6 is 11.6 Å². The second-order valence-electron chi connectivity index (χ2n) is 7.52. The van der Waals surface area contributed by atoms with Crippen molar-refractivity contribution < 1.29 is 9.59 Å². The Kier molecular flexibility index (Phi) is 8.71. The molecule has 0 bridgehead atoms. The fourth-order valence-corrected chi connectivity index (χ4v) is 3.46. The van der Waals surface area contributed by atoms with E-state index in [0.29, 0.717) is 18.0 Å². The average molecular weight is 415 g/mol. The minimum Gasteiger partial charge on any atom is -0.352 e. The van der Waals surface area contributed by atoms with Gasteiger partial charge < -0.3 is 10.2 Å². The second-order valence-corrected chi connectivity index (χ2v) is 7.93. The molecule has 4 nitrogen and oxygen atoms in total. The maximum atomic E-state index is 13.3. The van der Waals surface area contributed by atoms with Crippen LogP contribution in [0.25, 0.3) is 0 Å². The number of rotatable bonds is 9. The smallest absolute Gasteiger partial charge is 0.243 e. The van der Waals surface area contributed by atoms with Crippen LogP contribution in [0.2, 0.25) is 5.02 Å². The summed E-state index contributed by atoms with van der Waals surface area (Å²) in [6.07, 6.45) is 1.62. The summed E-state index contributed by atoms with van der Waals surface area (Å²) < 4.78 is 0. The van der Waals surface area contributed by atoms with Gasteiger partial charge in [0.15, 0.2) is 0 Å². The van der Waals surface area contributed by atoms with Gasteiger partial charge in [-0.3, -0.25) is 9.59 Å². The SMILES string of the molecule is CC[C@@H](C)NC(=O)[C@H](CC)N(Cc1ccccc1Cl)C(=O)Cc1cccc(C)c1. The molecule has 0 aliphatic carbocycles. The summed E-state index contributed by atoms with van der Waals surface area (Å²) in [6.45, 7) is 8.23. The standard InChI is InChI=1S/C24H31ClN2O2/c1-5-18(4)26-24(29)22(6-2)27(16-20-12-7-8-13-21(20)25)23(28)15-19-11-9-10-17(3)14-19/h7-14,18,22H,5-6,15-16H2,1-4H3,(H,26,29)/t18-,22+/m1/s1. The molecule has 2 aromatic rings. The number of carbonyl (C=O) groups excluding carboxylic acids is 2. The highest BCUT2D eigenvalue weighted by Crippen LogP contribution is 2.21. The van der Waals surface area contributed by atoms with E-state index in [-0.39, 0.29) is 24.3 Å². The first kappa shape index (κ1) is 23.0. The normalized spacial score (nSPS) is 12.9. The third kappa shape index (κ3) is 6.60. The Bertz CT molecular complexity index is 837. The summed E-state index contributed by atoms with van der Waals surface area (Å²) in [4.78, 5) is 27.9. The van der Waals surface area contributed by atoms with Gasteiger partial charge in [0.1, 0.15) is 6.04 Å². The first-order valence-corrected chi connectivity index (χ1v) is 10.6. The summed E-state index contributed by atoms with van der Waals surface area (Å²) in [5.74, 6) is -0.201. The molecule has 0 aliphatic rings. The Morgan fingerprint density at radius 3 is 2.41 bits per heavy atom. The van der Waals surface area contributed by atoms with E-state index >= 15 is 0 Å². The van der Waals surface area contributed by atoms with E-state index in [1.54, 1.807) is 11.0 Å². The van der Waals surface area contributed by atoms with E-state index in [1.165, 1.54) is 0 Å². The fourth-order valence-electron chi connectivity index (χ4n) is 3.27. The molecule has 2 amide bonds. The first-order valence-electron chi connectivity index (χ1n) is 10.2. The van der Waals surface area contributed by atoms with Gasteiger partial charge in [0, 0.05) is 17.6 Å². The lowest BCUT2D eigenvalue weighted by Gasteiger charge is -2.32. The molecule has 29 heavy (non-hydrogen) atoms. The van der Waals surface area contributed by atoms with Crippen molar-refractivity contribution in [2.75, 3.05) is 0 Å². The van der Waals surface area contributed by atoms with Gasteiger partial charge in [-0.05, 0) is 43.9 Å². The van der Waals surface area contributed by atoms with E-state index in [0.717, 1.165) is 23.1 Å². The van der Waals surface area contributed by atoms with E-state index in [9.17, 15) is 9.59 Å². The molecule has 0 heterocycles. The predicted octanol–water partition coefficient (Wildman–Crippen LogP) is 4.91. The molecule has 2 aromatic carbocycles. The number of aryl methyl sites for hydroxylation is 1. The lowest BCUT2D eigenvalue weighted by Crippen LogP contribution is -2.51. The van der Waals surface area contributed by atoms with Gasteiger partial charge in [-0.15, -0.1) is 0 Å². The summed E-state index contributed by atoms with van der Waals surface area (Å²) in [6, 6.07) is 14.9. The zero-order chi connectivity index (χ0) is 21.4. The van der Waals surface area contributed by atoms with Crippen LogP contribution in [0.5, 0.6) is 0 Å². The number of benzene rings is 2. The zero-order valence-corrected chi connectivity index (χ0v) is 18.5. The molecule has 0 saturated carbocycles. The highest BCUT2D eigenvalue weighted by Gasteiger charge is 2.29. The second kappa shape index (κ2) is 11.0. The van der Waals surface area contributed by atoms with Gasteiger partial charge in [-0.25, -0.2) is 0 Å². The Balaban J connectivity index is 2.31. The largest absolute Gasteiger partial charge is 0.352 e. The molecule has 0 fully saturated rings. The van der Waals surface area contributed by atoms with E-state index in [1.807, 2.05) is 70.2 Å². The summed E-state index contributed by atoms with van der Waals surface area (Å²) >= 11 is 6.35. The van der Waals surface area contributed by atoms with E-state index in [2.05, 4.69) is 5.32 Å². The Morgan fingerprint density at radius 2 is 1.79 bits per heavy atom. The van der Waals surface area contributed by atoms with Crippen LogP contribution in [-0.4, -0.2) is 28.8 Å². The van der Waals surface area contributed by atoms with Crippen molar-refractivity contribution in [3.8, 4) is 0 Å². The molecule has 0 radical (unpaired) electrons. The van der Waals surface area contributed by atoms with Crippen LogP contribution in [0.1, 0.15) is 50.3 Å². The van der Waals surface area contributed by atoms with E-state index in [4.69, 9.17) is 11.6 Å². The first-order chi connectivity index (χ1) is 13.8.